The smallest absolute Gasteiger partial charge is 0.0784 e. The molecule has 0 radical (unpaired) electrons. The summed E-state index contributed by atoms with van der Waals surface area (Å²) in [4.78, 5) is 0. The Morgan fingerprint density at radius 2 is 1.00 bits per heavy atom. The third-order valence-corrected chi connectivity index (χ3v) is 3.40. The second-order valence-electron chi connectivity index (χ2n) is 5.20. The zero-order valence-electron chi connectivity index (χ0n) is 11.9. The number of unbranched alkanes of at least 4 members (excludes halogenated alkanes) is 4. The van der Waals surface area contributed by atoms with Crippen LogP contribution in [-0.4, -0.2) is 31.2 Å². The van der Waals surface area contributed by atoms with Gasteiger partial charge in [-0.05, 0) is 25.7 Å². The van der Waals surface area contributed by atoms with Crippen molar-refractivity contribution in [1.82, 2.24) is 0 Å². The fraction of sp³-hybridized carbons (Fsp3) is 1.00. The van der Waals surface area contributed by atoms with Crippen LogP contribution in [0.5, 0.6) is 0 Å². The lowest BCUT2D eigenvalue weighted by atomic mass is 10.2. The molecule has 2 heteroatoms. The Hall–Kier alpha value is 0.250. The first kappa shape index (κ1) is 18.6. The molecule has 0 rings (SSSR count). The average molecular weight is 250 g/mol. The lowest BCUT2D eigenvalue weighted by molar-refractivity contribution is -0.910. The number of nitrogens with zero attached hydrogens (tertiary/aromatic N) is 1. The predicted molar refractivity (Wildman–Crippen MR) is 70.1 cm³/mol. The fourth-order valence-corrected chi connectivity index (χ4v) is 2.16. The molecule has 0 aromatic heterocycles. The van der Waals surface area contributed by atoms with E-state index in [-0.39, 0.29) is 12.4 Å². The molecule has 0 bridgehead atoms. The molecule has 0 N–H and O–H groups in total. The van der Waals surface area contributed by atoms with E-state index >= 15 is 0 Å². The molecule has 0 atom stereocenters. The molecule has 0 saturated heterocycles. The minimum Gasteiger partial charge on any atom is -1.00 e. The van der Waals surface area contributed by atoms with Crippen LogP contribution in [0, 0.1) is 0 Å². The normalized spacial score (nSPS) is 11.2. The molecule has 0 unspecified atom stereocenters. The number of rotatable bonds is 10. The summed E-state index contributed by atoms with van der Waals surface area (Å²) in [7, 11) is 2.46. The number of hydrogen-bond acceptors (Lipinski definition) is 0. The van der Waals surface area contributed by atoms with Gasteiger partial charge in [0.1, 0.15) is 0 Å². The van der Waals surface area contributed by atoms with Crippen molar-refractivity contribution in [1.29, 1.82) is 0 Å². The predicted octanol–water partition coefficient (Wildman–Crippen LogP) is 1.23. The topological polar surface area (TPSA) is 0 Å². The van der Waals surface area contributed by atoms with Gasteiger partial charge in [0, 0.05) is 0 Å². The van der Waals surface area contributed by atoms with Gasteiger partial charge < -0.3 is 16.9 Å². The first-order chi connectivity index (χ1) is 7.18. The fourth-order valence-electron chi connectivity index (χ4n) is 2.16. The highest BCUT2D eigenvalue weighted by Crippen LogP contribution is 2.11. The van der Waals surface area contributed by atoms with Gasteiger partial charge in [-0.3, -0.25) is 0 Å². The Morgan fingerprint density at radius 3 is 1.38 bits per heavy atom. The monoisotopic (exact) mass is 249 g/mol. The van der Waals surface area contributed by atoms with E-state index in [1.807, 2.05) is 0 Å². The van der Waals surface area contributed by atoms with Gasteiger partial charge >= 0.3 is 0 Å². The lowest BCUT2D eigenvalue weighted by Gasteiger charge is -2.35. The zero-order chi connectivity index (χ0) is 11.6. The van der Waals surface area contributed by atoms with Crippen molar-refractivity contribution in [3.63, 3.8) is 0 Å². The van der Waals surface area contributed by atoms with E-state index in [0.29, 0.717) is 0 Å². The molecule has 16 heavy (non-hydrogen) atoms. The Kier molecular flexibility index (Phi) is 13.6. The standard InChI is InChI=1S/C14H32N.ClH/c1-5-8-11-14-15(4,12-9-6-2)13-10-7-3;/h5-14H2,1-4H3;1H/q+1;/p-1. The Morgan fingerprint density at radius 1 is 0.625 bits per heavy atom. The van der Waals surface area contributed by atoms with Crippen molar-refractivity contribution in [2.75, 3.05) is 26.7 Å². The van der Waals surface area contributed by atoms with Crippen LogP contribution in [0.3, 0.4) is 0 Å². The van der Waals surface area contributed by atoms with E-state index in [1.54, 1.807) is 0 Å². The second-order valence-corrected chi connectivity index (χ2v) is 5.20. The molecule has 0 fully saturated rings. The highest BCUT2D eigenvalue weighted by Gasteiger charge is 2.19. The maximum Gasteiger partial charge on any atom is 0.0784 e. The van der Waals surface area contributed by atoms with Gasteiger partial charge in [-0.2, -0.15) is 0 Å². The van der Waals surface area contributed by atoms with E-state index < -0.39 is 0 Å². The van der Waals surface area contributed by atoms with Crippen LogP contribution < -0.4 is 12.4 Å². The summed E-state index contributed by atoms with van der Waals surface area (Å²) in [6, 6.07) is 0. The minimum absolute atomic E-state index is 0. The van der Waals surface area contributed by atoms with Crippen LogP contribution in [0.2, 0.25) is 0 Å². The molecule has 0 aromatic carbocycles. The highest BCUT2D eigenvalue weighted by atomic mass is 35.5. The quantitative estimate of drug-likeness (QED) is 0.404. The third kappa shape index (κ3) is 9.47. The van der Waals surface area contributed by atoms with E-state index in [4.69, 9.17) is 0 Å². The van der Waals surface area contributed by atoms with Crippen LogP contribution in [0.25, 0.3) is 0 Å². The van der Waals surface area contributed by atoms with E-state index in [0.717, 1.165) is 0 Å². The molecule has 0 amide bonds. The van der Waals surface area contributed by atoms with E-state index in [1.165, 1.54) is 69.1 Å². The number of quaternary nitrogens is 1. The molecule has 0 heterocycles. The highest BCUT2D eigenvalue weighted by molar-refractivity contribution is 4.45. The summed E-state index contributed by atoms with van der Waals surface area (Å²) >= 11 is 0. The van der Waals surface area contributed by atoms with Gasteiger partial charge in [0.2, 0.25) is 0 Å². The molecule has 0 saturated carbocycles. The largest absolute Gasteiger partial charge is 1.00 e. The molecular weight excluding hydrogens is 218 g/mol. The van der Waals surface area contributed by atoms with Gasteiger partial charge in [-0.1, -0.05) is 40.0 Å². The zero-order valence-corrected chi connectivity index (χ0v) is 12.7. The van der Waals surface area contributed by atoms with Gasteiger partial charge in [0.05, 0.1) is 26.7 Å². The second kappa shape index (κ2) is 11.7. The van der Waals surface area contributed by atoms with Crippen molar-refractivity contribution >= 4 is 0 Å². The minimum atomic E-state index is 0. The van der Waals surface area contributed by atoms with Gasteiger partial charge in [0.25, 0.3) is 0 Å². The first-order valence-electron chi connectivity index (χ1n) is 7.02. The van der Waals surface area contributed by atoms with Crippen LogP contribution in [0.15, 0.2) is 0 Å². The Bertz CT molecular complexity index is 129. The molecule has 1 nitrogen and oxygen atoms in total. The Labute approximate surface area is 110 Å². The van der Waals surface area contributed by atoms with Crippen LogP contribution in [-0.2, 0) is 0 Å². The molecule has 100 valence electrons. The van der Waals surface area contributed by atoms with Gasteiger partial charge in [-0.15, -0.1) is 0 Å². The molecule has 0 aliphatic carbocycles. The van der Waals surface area contributed by atoms with Crippen molar-refractivity contribution in [2.24, 2.45) is 0 Å². The van der Waals surface area contributed by atoms with Crippen molar-refractivity contribution in [3.05, 3.63) is 0 Å². The van der Waals surface area contributed by atoms with E-state index in [9.17, 15) is 0 Å². The van der Waals surface area contributed by atoms with Gasteiger partial charge in [-0.25, -0.2) is 0 Å². The maximum atomic E-state index is 2.46. The molecule has 0 aromatic rings. The van der Waals surface area contributed by atoms with Crippen LogP contribution in [0.1, 0.15) is 65.7 Å². The SMILES string of the molecule is CCCCC[N+](C)(CCCC)CCCC.[Cl-]. The van der Waals surface area contributed by atoms with E-state index in [2.05, 4.69) is 27.8 Å². The summed E-state index contributed by atoms with van der Waals surface area (Å²) in [5.74, 6) is 0. The summed E-state index contributed by atoms with van der Waals surface area (Å²) in [6.07, 6.45) is 9.65. The van der Waals surface area contributed by atoms with Crippen molar-refractivity contribution < 1.29 is 16.9 Å². The lowest BCUT2D eigenvalue weighted by Crippen LogP contribution is -3.00. The third-order valence-electron chi connectivity index (χ3n) is 3.40. The summed E-state index contributed by atoms with van der Waals surface area (Å²) < 4.78 is 1.32. The van der Waals surface area contributed by atoms with Crippen LogP contribution in [0.4, 0.5) is 0 Å². The first-order valence-corrected chi connectivity index (χ1v) is 7.02. The summed E-state index contributed by atoms with van der Waals surface area (Å²) in [5.41, 5.74) is 0. The maximum absolute atomic E-state index is 2.46. The number of hydrogen-bond donors (Lipinski definition) is 0. The summed E-state index contributed by atoms with van der Waals surface area (Å²) in [5, 5.41) is 0. The Balaban J connectivity index is 0. The van der Waals surface area contributed by atoms with Crippen LogP contribution >= 0.6 is 0 Å². The molecule has 0 aliphatic heterocycles. The van der Waals surface area contributed by atoms with Crippen molar-refractivity contribution in [2.45, 2.75) is 65.7 Å². The average Bonchev–Trinajstić information content (AvgIpc) is 2.24. The molecule has 0 aliphatic rings. The van der Waals surface area contributed by atoms with Gasteiger partial charge in [0.15, 0.2) is 0 Å². The molecular formula is C14H32ClN. The van der Waals surface area contributed by atoms with Crippen molar-refractivity contribution in [3.8, 4) is 0 Å². The number of halogens is 1. The molecule has 0 spiro atoms. The summed E-state index contributed by atoms with van der Waals surface area (Å²) in [6.45, 7) is 11.1.